The van der Waals surface area contributed by atoms with Crippen LogP contribution >= 0.6 is 0 Å². The van der Waals surface area contributed by atoms with E-state index in [1.165, 1.54) is 21.7 Å². The molecule has 2 unspecified atom stereocenters. The van der Waals surface area contributed by atoms with E-state index < -0.39 is 0 Å². The van der Waals surface area contributed by atoms with Gasteiger partial charge in [-0.2, -0.15) is 0 Å². The van der Waals surface area contributed by atoms with Gasteiger partial charge in [0.15, 0.2) is 11.5 Å². The van der Waals surface area contributed by atoms with Gasteiger partial charge >= 0.3 is 0 Å². The van der Waals surface area contributed by atoms with Gasteiger partial charge in [-0.1, -0.05) is 30.4 Å². The number of benzene rings is 1. The Morgan fingerprint density at radius 3 is 3.10 bits per heavy atom. The third-order valence-corrected chi connectivity index (χ3v) is 4.70. The monoisotopic (exact) mass is 265 g/mol. The minimum absolute atomic E-state index is 0.339. The summed E-state index contributed by atoms with van der Waals surface area (Å²) in [4.78, 5) is 0. The molecular weight excluding hydrogens is 250 g/mol. The fourth-order valence-electron chi connectivity index (χ4n) is 3.84. The van der Waals surface area contributed by atoms with Gasteiger partial charge in [-0.15, -0.1) is 0 Å². The van der Waals surface area contributed by atoms with E-state index in [1.807, 2.05) is 0 Å². The summed E-state index contributed by atoms with van der Waals surface area (Å²) in [7, 11) is 0. The van der Waals surface area contributed by atoms with Crippen molar-refractivity contribution in [3.8, 4) is 11.5 Å². The Morgan fingerprint density at radius 1 is 1.15 bits per heavy atom. The first kappa shape index (κ1) is 10.6. The number of fused-ring (bicyclic) bond motifs is 4. The fourth-order valence-corrected chi connectivity index (χ4v) is 3.84. The van der Waals surface area contributed by atoms with E-state index in [0.717, 1.165) is 24.5 Å². The molecule has 2 atom stereocenters. The Balaban J connectivity index is 1.90. The summed E-state index contributed by atoms with van der Waals surface area (Å²) in [6.45, 7) is 1.21. The lowest BCUT2D eigenvalue weighted by molar-refractivity contribution is 0.173. The van der Waals surface area contributed by atoms with Crippen LogP contribution < -0.4 is 25.2 Å². The molecule has 20 heavy (non-hydrogen) atoms. The Bertz CT molecular complexity index is 788. The zero-order valence-electron chi connectivity index (χ0n) is 11.1. The Hall–Kier alpha value is -2.16. The van der Waals surface area contributed by atoms with Crippen LogP contribution in [0.3, 0.4) is 0 Å². The number of allylic oxidation sites excluding steroid dienone is 4. The molecule has 0 bridgehead atoms. The summed E-state index contributed by atoms with van der Waals surface area (Å²) in [5.41, 5.74) is 2.73. The highest BCUT2D eigenvalue weighted by molar-refractivity contribution is 5.63. The minimum Gasteiger partial charge on any atom is -0.454 e. The maximum atomic E-state index is 5.68. The molecular formula is C17H15NO2. The lowest BCUT2D eigenvalue weighted by Crippen LogP contribution is -2.45. The van der Waals surface area contributed by atoms with Crippen LogP contribution in [0.25, 0.3) is 11.8 Å². The molecule has 0 saturated carbocycles. The maximum absolute atomic E-state index is 5.68. The average Bonchev–Trinajstić information content (AvgIpc) is 2.96. The summed E-state index contributed by atoms with van der Waals surface area (Å²) in [5, 5.41) is 6.12. The third kappa shape index (κ3) is 1.25. The van der Waals surface area contributed by atoms with E-state index in [2.05, 4.69) is 41.8 Å². The molecule has 0 spiro atoms. The SMILES string of the molecule is C1=CC2CC3=c4c(cc5c(c4=CCN3)OCO5)C2C=C1. The molecule has 2 aliphatic heterocycles. The predicted octanol–water partition coefficient (Wildman–Crippen LogP) is 1.14. The summed E-state index contributed by atoms with van der Waals surface area (Å²) < 4.78 is 11.3. The summed E-state index contributed by atoms with van der Waals surface area (Å²) in [6, 6.07) is 2.18. The van der Waals surface area contributed by atoms with Crippen LogP contribution in [-0.4, -0.2) is 13.3 Å². The molecule has 0 aromatic heterocycles. The molecule has 3 nitrogen and oxygen atoms in total. The second kappa shape index (κ2) is 3.69. The van der Waals surface area contributed by atoms with E-state index in [9.17, 15) is 0 Å². The van der Waals surface area contributed by atoms with E-state index in [4.69, 9.17) is 9.47 Å². The zero-order chi connectivity index (χ0) is 13.1. The number of hydrogen-bond acceptors (Lipinski definition) is 3. The summed E-state index contributed by atoms with van der Waals surface area (Å²) in [6.07, 6.45) is 12.3. The normalized spacial score (nSPS) is 27.5. The predicted molar refractivity (Wildman–Crippen MR) is 76.8 cm³/mol. The molecule has 0 fully saturated rings. The first-order chi connectivity index (χ1) is 9.92. The van der Waals surface area contributed by atoms with Crippen molar-refractivity contribution in [3.63, 3.8) is 0 Å². The first-order valence-corrected chi connectivity index (χ1v) is 7.16. The van der Waals surface area contributed by atoms with Crippen molar-refractivity contribution in [1.29, 1.82) is 0 Å². The van der Waals surface area contributed by atoms with Crippen LogP contribution in [-0.2, 0) is 0 Å². The molecule has 2 aliphatic carbocycles. The van der Waals surface area contributed by atoms with Gasteiger partial charge in [0.1, 0.15) is 0 Å². The van der Waals surface area contributed by atoms with E-state index in [-0.39, 0.29) is 0 Å². The van der Waals surface area contributed by atoms with Gasteiger partial charge in [-0.05, 0) is 24.0 Å². The highest BCUT2D eigenvalue weighted by Crippen LogP contribution is 2.39. The molecule has 4 aliphatic rings. The van der Waals surface area contributed by atoms with Crippen molar-refractivity contribution < 1.29 is 9.47 Å². The molecule has 5 rings (SSSR count). The van der Waals surface area contributed by atoms with Crippen molar-refractivity contribution in [2.45, 2.75) is 12.3 Å². The Kier molecular flexibility index (Phi) is 1.96. The minimum atomic E-state index is 0.339. The molecule has 0 amide bonds. The number of nitrogens with one attached hydrogen (secondary N) is 1. The highest BCUT2D eigenvalue weighted by atomic mass is 16.7. The maximum Gasteiger partial charge on any atom is 0.231 e. The van der Waals surface area contributed by atoms with Crippen LogP contribution in [0.4, 0.5) is 0 Å². The van der Waals surface area contributed by atoms with Crippen LogP contribution in [0.2, 0.25) is 0 Å². The van der Waals surface area contributed by atoms with Crippen molar-refractivity contribution in [2.75, 3.05) is 13.3 Å². The van der Waals surface area contributed by atoms with Crippen molar-refractivity contribution >= 4 is 11.8 Å². The second-order valence-corrected chi connectivity index (χ2v) is 5.72. The third-order valence-electron chi connectivity index (χ3n) is 4.70. The number of hydrogen-bond donors (Lipinski definition) is 1. The van der Waals surface area contributed by atoms with Gasteiger partial charge in [0, 0.05) is 28.6 Å². The van der Waals surface area contributed by atoms with Gasteiger partial charge in [0.05, 0.1) is 0 Å². The number of rotatable bonds is 0. The zero-order valence-corrected chi connectivity index (χ0v) is 11.1. The van der Waals surface area contributed by atoms with E-state index >= 15 is 0 Å². The lowest BCUT2D eigenvalue weighted by atomic mass is 9.75. The molecule has 1 aromatic rings. The molecule has 3 heteroatoms. The van der Waals surface area contributed by atoms with Crippen LogP contribution in [0.15, 0.2) is 30.4 Å². The van der Waals surface area contributed by atoms with E-state index in [0.29, 0.717) is 18.6 Å². The molecule has 0 saturated heterocycles. The molecule has 2 heterocycles. The molecule has 0 radical (unpaired) electrons. The summed E-state index contributed by atoms with van der Waals surface area (Å²) >= 11 is 0. The number of ether oxygens (including phenoxy) is 2. The van der Waals surface area contributed by atoms with Crippen molar-refractivity contribution in [2.24, 2.45) is 5.92 Å². The van der Waals surface area contributed by atoms with Gasteiger partial charge < -0.3 is 14.8 Å². The van der Waals surface area contributed by atoms with Crippen LogP contribution in [0, 0.1) is 5.92 Å². The van der Waals surface area contributed by atoms with Gasteiger partial charge in [0.25, 0.3) is 0 Å². The average molecular weight is 265 g/mol. The van der Waals surface area contributed by atoms with Crippen LogP contribution in [0.5, 0.6) is 11.5 Å². The Morgan fingerprint density at radius 2 is 2.10 bits per heavy atom. The smallest absolute Gasteiger partial charge is 0.231 e. The van der Waals surface area contributed by atoms with Crippen molar-refractivity contribution in [1.82, 2.24) is 5.32 Å². The highest BCUT2D eigenvalue weighted by Gasteiger charge is 2.32. The first-order valence-electron chi connectivity index (χ1n) is 7.16. The van der Waals surface area contributed by atoms with E-state index in [1.54, 1.807) is 0 Å². The quantitative estimate of drug-likeness (QED) is 0.763. The molecule has 1 aromatic carbocycles. The van der Waals surface area contributed by atoms with Crippen molar-refractivity contribution in [3.05, 3.63) is 46.4 Å². The summed E-state index contributed by atoms with van der Waals surface area (Å²) in [5.74, 6) is 2.85. The Labute approximate surface area is 116 Å². The largest absolute Gasteiger partial charge is 0.454 e. The van der Waals surface area contributed by atoms with Gasteiger partial charge in [0.2, 0.25) is 6.79 Å². The fraction of sp³-hybridized carbons (Fsp3) is 0.294. The van der Waals surface area contributed by atoms with Crippen LogP contribution in [0.1, 0.15) is 17.9 Å². The van der Waals surface area contributed by atoms with Gasteiger partial charge in [-0.3, -0.25) is 0 Å². The van der Waals surface area contributed by atoms with Gasteiger partial charge in [-0.25, -0.2) is 0 Å². The molecule has 1 N–H and O–H groups in total. The topological polar surface area (TPSA) is 30.5 Å². The second-order valence-electron chi connectivity index (χ2n) is 5.72. The standard InChI is InChI=1S/C17H15NO2/c1-2-4-11-10(3-1)7-14-16-12(5-6-18-14)17-15(8-13(11)16)19-9-20-17/h1-5,8,10-11,18H,6-7,9H2. The lowest BCUT2D eigenvalue weighted by Gasteiger charge is -2.33. The molecule has 100 valence electrons.